The number of aromatic nitrogens is 1. The zero-order valence-corrected chi connectivity index (χ0v) is 18.9. The Hall–Kier alpha value is -3.51. The highest BCUT2D eigenvalue weighted by molar-refractivity contribution is 8.03. The first-order valence-corrected chi connectivity index (χ1v) is 11.3. The number of fused-ring (bicyclic) bond motifs is 4. The maximum absolute atomic E-state index is 11.1. The maximum atomic E-state index is 11.1. The highest BCUT2D eigenvalue weighted by atomic mass is 32.2. The Kier molecular flexibility index (Phi) is 5.23. The molecular formula is C26H22N2O3S. The molecule has 0 N–H and O–H groups in total. The summed E-state index contributed by atoms with van der Waals surface area (Å²) in [5, 5.41) is 7.12. The van der Waals surface area contributed by atoms with E-state index in [0.29, 0.717) is 5.71 Å². The van der Waals surface area contributed by atoms with E-state index >= 15 is 0 Å². The van der Waals surface area contributed by atoms with Crippen LogP contribution in [0.2, 0.25) is 0 Å². The number of ether oxygens (including phenoxy) is 1. The summed E-state index contributed by atoms with van der Waals surface area (Å²) in [5.74, 6) is 0.472. The van der Waals surface area contributed by atoms with Gasteiger partial charge in [-0.2, -0.15) is 0 Å². The van der Waals surface area contributed by atoms with Gasteiger partial charge in [0.15, 0.2) is 5.09 Å². The van der Waals surface area contributed by atoms with Gasteiger partial charge in [0.25, 0.3) is 0 Å². The zero-order valence-electron chi connectivity index (χ0n) is 18.1. The average molecular weight is 443 g/mol. The summed E-state index contributed by atoms with van der Waals surface area (Å²) in [5.41, 5.74) is 5.00. The monoisotopic (exact) mass is 442 g/mol. The van der Waals surface area contributed by atoms with Crippen LogP contribution in [0, 0.1) is 0 Å². The molecule has 0 unspecified atom stereocenters. The molecule has 160 valence electrons. The van der Waals surface area contributed by atoms with Gasteiger partial charge in [0, 0.05) is 35.3 Å². The minimum Gasteiger partial charge on any atom is -0.449 e. The molecule has 0 radical (unpaired) electrons. The number of benzene rings is 3. The Morgan fingerprint density at radius 3 is 2.56 bits per heavy atom. The minimum atomic E-state index is -0.431. The Bertz CT molecular complexity index is 1410. The van der Waals surface area contributed by atoms with E-state index in [9.17, 15) is 4.79 Å². The third kappa shape index (κ3) is 3.67. The Labute approximate surface area is 190 Å². The zero-order chi connectivity index (χ0) is 22.2. The smallest absolute Gasteiger partial charge is 0.331 e. The van der Waals surface area contributed by atoms with Crippen molar-refractivity contribution < 1.29 is 14.4 Å². The normalized spacial score (nSPS) is 14.7. The standard InChI is InChI=1S/C26H22N2O3S/c1-4-28-22-11-9-18(14-26-30-24-7-5-6-8-25(24)32-26)13-20(22)21-15-19(10-12-23(21)28)16(2)27-31-17(3)29/h5-15H,4H2,1-3H3. The molecule has 3 aromatic carbocycles. The first-order valence-electron chi connectivity index (χ1n) is 10.5. The lowest BCUT2D eigenvalue weighted by Crippen LogP contribution is -1.99. The number of hydrogen-bond donors (Lipinski definition) is 0. The van der Waals surface area contributed by atoms with Gasteiger partial charge in [0.2, 0.25) is 0 Å². The second-order valence-corrected chi connectivity index (χ2v) is 8.67. The van der Waals surface area contributed by atoms with Gasteiger partial charge in [0.05, 0.1) is 10.6 Å². The number of carbonyl (C=O) groups is 1. The topological polar surface area (TPSA) is 52.8 Å². The molecule has 32 heavy (non-hydrogen) atoms. The molecule has 5 nitrogen and oxygen atoms in total. The number of thioether (sulfide) groups is 1. The van der Waals surface area contributed by atoms with Crippen molar-refractivity contribution in [1.29, 1.82) is 0 Å². The molecule has 5 rings (SSSR count). The summed E-state index contributed by atoms with van der Waals surface area (Å²) in [6, 6.07) is 20.8. The van der Waals surface area contributed by atoms with Crippen molar-refractivity contribution in [2.75, 3.05) is 0 Å². The van der Waals surface area contributed by atoms with E-state index in [-0.39, 0.29) is 0 Å². The molecule has 6 heteroatoms. The van der Waals surface area contributed by atoms with Crippen LogP contribution in [0.25, 0.3) is 27.9 Å². The number of nitrogens with zero attached hydrogens (tertiary/aromatic N) is 2. The first kappa shape index (κ1) is 20.4. The first-order chi connectivity index (χ1) is 15.5. The molecule has 0 bridgehead atoms. The van der Waals surface area contributed by atoms with Gasteiger partial charge < -0.3 is 14.1 Å². The fourth-order valence-corrected chi connectivity index (χ4v) is 4.91. The van der Waals surface area contributed by atoms with Crippen LogP contribution in [0.4, 0.5) is 0 Å². The molecule has 0 aliphatic carbocycles. The number of hydrogen-bond acceptors (Lipinski definition) is 5. The van der Waals surface area contributed by atoms with E-state index in [1.165, 1.54) is 17.8 Å². The number of rotatable bonds is 4. The lowest BCUT2D eigenvalue weighted by Gasteiger charge is -2.04. The van der Waals surface area contributed by atoms with Crippen LogP contribution in [0.15, 0.2) is 75.8 Å². The van der Waals surface area contributed by atoms with E-state index in [4.69, 9.17) is 9.57 Å². The Morgan fingerprint density at radius 1 is 1.06 bits per heavy atom. The van der Waals surface area contributed by atoms with Gasteiger partial charge in [-0.25, -0.2) is 4.79 Å². The molecule has 1 aliphatic heterocycles. The van der Waals surface area contributed by atoms with Gasteiger partial charge in [-0.05, 0) is 79.2 Å². The molecule has 0 atom stereocenters. The number of para-hydroxylation sites is 1. The predicted molar refractivity (Wildman–Crippen MR) is 130 cm³/mol. The quantitative estimate of drug-likeness (QED) is 0.203. The Morgan fingerprint density at radius 2 is 1.81 bits per heavy atom. The summed E-state index contributed by atoms with van der Waals surface area (Å²) in [6.45, 7) is 6.20. The second kappa shape index (κ2) is 8.20. The van der Waals surface area contributed by atoms with Gasteiger partial charge in [-0.15, -0.1) is 0 Å². The van der Waals surface area contributed by atoms with Gasteiger partial charge in [-0.3, -0.25) is 0 Å². The van der Waals surface area contributed by atoms with E-state index < -0.39 is 5.97 Å². The van der Waals surface area contributed by atoms with Crippen molar-refractivity contribution >= 4 is 51.3 Å². The summed E-state index contributed by atoms with van der Waals surface area (Å²) in [7, 11) is 0. The minimum absolute atomic E-state index is 0.431. The number of oxime groups is 1. The molecule has 0 saturated carbocycles. The fourth-order valence-electron chi connectivity index (χ4n) is 4.01. The third-order valence-corrected chi connectivity index (χ3v) is 6.45. The molecule has 0 saturated heterocycles. The molecule has 4 aromatic rings. The van der Waals surface area contributed by atoms with E-state index in [1.54, 1.807) is 11.8 Å². The van der Waals surface area contributed by atoms with Crippen LogP contribution in [0.1, 0.15) is 31.9 Å². The summed E-state index contributed by atoms with van der Waals surface area (Å²) >= 11 is 1.64. The summed E-state index contributed by atoms with van der Waals surface area (Å²) in [6.07, 6.45) is 2.08. The average Bonchev–Trinajstić information content (AvgIpc) is 3.34. The van der Waals surface area contributed by atoms with Crippen LogP contribution in [-0.4, -0.2) is 16.2 Å². The van der Waals surface area contributed by atoms with E-state index in [1.807, 2.05) is 31.2 Å². The van der Waals surface area contributed by atoms with Gasteiger partial charge in [0.1, 0.15) is 5.75 Å². The second-order valence-electron chi connectivity index (χ2n) is 7.63. The summed E-state index contributed by atoms with van der Waals surface area (Å²) < 4.78 is 8.30. The number of carbonyl (C=O) groups excluding carboxylic acids is 1. The predicted octanol–water partition coefficient (Wildman–Crippen LogP) is 6.58. The van der Waals surface area contributed by atoms with E-state index in [2.05, 4.69) is 59.1 Å². The van der Waals surface area contributed by atoms with Gasteiger partial charge >= 0.3 is 5.97 Å². The molecule has 1 aliphatic rings. The van der Waals surface area contributed by atoms with Crippen molar-refractivity contribution in [3.8, 4) is 5.75 Å². The molecular weight excluding hydrogens is 420 g/mol. The van der Waals surface area contributed by atoms with Crippen LogP contribution < -0.4 is 4.74 Å². The number of aryl methyl sites for hydroxylation is 1. The maximum Gasteiger partial charge on any atom is 0.331 e. The molecule has 2 heterocycles. The molecule has 0 amide bonds. The highest BCUT2D eigenvalue weighted by Gasteiger charge is 2.18. The van der Waals surface area contributed by atoms with Crippen molar-refractivity contribution in [2.24, 2.45) is 5.16 Å². The summed E-state index contributed by atoms with van der Waals surface area (Å²) in [4.78, 5) is 17.1. The van der Waals surface area contributed by atoms with Crippen molar-refractivity contribution in [1.82, 2.24) is 4.57 Å². The van der Waals surface area contributed by atoms with Crippen molar-refractivity contribution in [3.63, 3.8) is 0 Å². The van der Waals surface area contributed by atoms with Crippen LogP contribution in [0.5, 0.6) is 5.75 Å². The van der Waals surface area contributed by atoms with E-state index in [0.717, 1.165) is 44.3 Å². The molecule has 1 aromatic heterocycles. The Balaban J connectivity index is 1.59. The third-order valence-electron chi connectivity index (χ3n) is 5.49. The SMILES string of the molecule is CCn1c2ccc(C=C3Oc4ccccc4S3)cc2c2cc(C(C)=NOC(C)=O)ccc21. The van der Waals surface area contributed by atoms with Crippen LogP contribution in [0.3, 0.4) is 0 Å². The van der Waals surface area contributed by atoms with Gasteiger partial charge in [-0.1, -0.05) is 29.4 Å². The van der Waals surface area contributed by atoms with Crippen molar-refractivity contribution in [3.05, 3.63) is 76.9 Å². The molecule has 0 spiro atoms. The van der Waals surface area contributed by atoms with Crippen LogP contribution in [-0.2, 0) is 16.2 Å². The largest absolute Gasteiger partial charge is 0.449 e. The molecule has 0 fully saturated rings. The lowest BCUT2D eigenvalue weighted by atomic mass is 10.1. The van der Waals surface area contributed by atoms with Crippen molar-refractivity contribution in [2.45, 2.75) is 32.2 Å². The van der Waals surface area contributed by atoms with Crippen LogP contribution >= 0.6 is 11.8 Å². The highest BCUT2D eigenvalue weighted by Crippen LogP contribution is 2.43. The lowest BCUT2D eigenvalue weighted by molar-refractivity contribution is -0.140. The fraction of sp³-hybridized carbons (Fsp3) is 0.154.